The van der Waals surface area contributed by atoms with Crippen LogP contribution < -0.4 is 9.47 Å². The maximum absolute atomic E-state index is 13.8. The van der Waals surface area contributed by atoms with Crippen LogP contribution in [0.4, 0.5) is 0 Å². The molecule has 2 heterocycles. The normalized spacial score (nSPS) is 22.5. The molecule has 5 rings (SSSR count). The molecule has 4 aliphatic rings. The predicted molar refractivity (Wildman–Crippen MR) is 266 cm³/mol. The van der Waals surface area contributed by atoms with Gasteiger partial charge in [-0.1, -0.05) is 97.1 Å². The standard InChI is InChI=1S/C38H46O14.C18H32O2/c1-18(39)46-17-29-33(47-19(2)40)34(48-20(3)41)35(49-21(4)42)36(52-29)51-25-11-10-22(12-26(25)45-9)30-31-23(43)13-37(5,6)15-27(31)50-28-16-38(7,8)14-24(44)32(28)30;1-2-3-4-5-6-7-8-9-10-11-12-13-14-15-16-17-18(19)20/h10-12,29-30,33-36H,13-17H2,1-9H3;6-7,9-10H,2-5,8,11-17H2,1H3,(H,19,20)/t29?,33-,34+,35+,36?;/m1./s1. The highest BCUT2D eigenvalue weighted by Gasteiger charge is 2.54. The van der Waals surface area contributed by atoms with Crippen LogP contribution >= 0.6 is 0 Å². The van der Waals surface area contributed by atoms with Crippen molar-refractivity contribution in [2.24, 2.45) is 10.8 Å². The molecule has 0 amide bonds. The molecular weight excluding hydrogens is 929 g/mol. The van der Waals surface area contributed by atoms with E-state index in [1.165, 1.54) is 59.0 Å². The van der Waals surface area contributed by atoms with Crippen molar-refractivity contribution in [2.75, 3.05) is 13.7 Å². The molecule has 0 radical (unpaired) electrons. The highest BCUT2D eigenvalue weighted by atomic mass is 16.7. The van der Waals surface area contributed by atoms with E-state index in [0.717, 1.165) is 46.5 Å². The highest BCUT2D eigenvalue weighted by Crippen LogP contribution is 2.54. The van der Waals surface area contributed by atoms with Gasteiger partial charge in [0, 0.05) is 76.9 Å². The number of carbonyl (C=O) groups excluding carboxylic acids is 6. The molecule has 2 unspecified atom stereocenters. The Morgan fingerprint density at radius 1 is 0.667 bits per heavy atom. The summed E-state index contributed by atoms with van der Waals surface area (Å²) in [6.07, 6.45) is 16.9. The van der Waals surface area contributed by atoms with Crippen LogP contribution in [0.2, 0.25) is 0 Å². The van der Waals surface area contributed by atoms with Crippen molar-refractivity contribution in [1.29, 1.82) is 0 Å². The molecule has 1 N–H and O–H groups in total. The molecule has 0 spiro atoms. The van der Waals surface area contributed by atoms with E-state index in [-0.39, 0.29) is 46.7 Å². The monoisotopic (exact) mass is 1010 g/mol. The van der Waals surface area contributed by atoms with E-state index in [1.807, 2.05) is 27.7 Å². The molecular formula is C56H78O16. The van der Waals surface area contributed by atoms with Crippen molar-refractivity contribution in [3.63, 3.8) is 0 Å². The third-order valence-electron chi connectivity index (χ3n) is 12.6. The minimum absolute atomic E-state index is 0.0924. The number of hydrogen-bond acceptors (Lipinski definition) is 15. The first-order valence-electron chi connectivity index (χ1n) is 25.4. The molecule has 16 heteroatoms. The molecule has 5 atom stereocenters. The number of carboxylic acid groups (broad SMARTS) is 1. The number of carboxylic acids is 1. The summed E-state index contributed by atoms with van der Waals surface area (Å²) in [5, 5.41) is 8.50. The van der Waals surface area contributed by atoms with Crippen LogP contribution in [0, 0.1) is 10.8 Å². The van der Waals surface area contributed by atoms with Crippen molar-refractivity contribution in [3.8, 4) is 11.5 Å². The summed E-state index contributed by atoms with van der Waals surface area (Å²) in [5.74, 6) is -3.17. The smallest absolute Gasteiger partial charge is 0.303 e. The van der Waals surface area contributed by atoms with Crippen LogP contribution in [0.1, 0.15) is 177 Å². The second-order valence-corrected chi connectivity index (χ2v) is 20.6. The SMILES string of the molecule is CCCCCC=CCC=CCCCCCCCC(=O)O.COc1cc(C2C3=C(CC(C)(C)CC3=O)OC3=C2C(=O)CC(C)(C)C3)ccc1OC1OC(COC(C)=O)[C@@H](OC(C)=O)[C@H](OC(C)=O)[C@@H]1OC(C)=O. The minimum Gasteiger partial charge on any atom is -0.493 e. The summed E-state index contributed by atoms with van der Waals surface area (Å²) in [6, 6.07) is 4.92. The third kappa shape index (κ3) is 18.1. The van der Waals surface area contributed by atoms with E-state index in [0.29, 0.717) is 47.5 Å². The second-order valence-electron chi connectivity index (χ2n) is 20.6. The van der Waals surface area contributed by atoms with E-state index >= 15 is 0 Å². The topological polar surface area (TPSA) is 214 Å². The van der Waals surface area contributed by atoms with Gasteiger partial charge in [0.25, 0.3) is 0 Å². The number of rotatable bonds is 23. The van der Waals surface area contributed by atoms with Crippen molar-refractivity contribution in [3.05, 3.63) is 70.7 Å². The molecule has 72 heavy (non-hydrogen) atoms. The maximum atomic E-state index is 13.8. The number of allylic oxidation sites excluding steroid dienone is 8. The van der Waals surface area contributed by atoms with Crippen LogP contribution in [0.5, 0.6) is 11.5 Å². The van der Waals surface area contributed by atoms with Crippen LogP contribution in [-0.2, 0) is 62.0 Å². The molecule has 1 aromatic rings. The van der Waals surface area contributed by atoms with Gasteiger partial charge in [0.2, 0.25) is 12.4 Å². The zero-order chi connectivity index (χ0) is 53.2. The average molecular weight is 1010 g/mol. The minimum atomic E-state index is -1.50. The number of hydrogen-bond donors (Lipinski definition) is 1. The van der Waals surface area contributed by atoms with Gasteiger partial charge in [-0.3, -0.25) is 33.6 Å². The number of ether oxygens (including phenoxy) is 8. The number of Topliss-reactive ketones (excluding diaryl/α,β-unsaturated/α-hetero) is 2. The number of unbranched alkanes of at least 4 members (excludes halogenated alkanes) is 8. The highest BCUT2D eigenvalue weighted by molar-refractivity contribution is 6.06. The Labute approximate surface area is 425 Å². The second kappa shape index (κ2) is 27.9. The first kappa shape index (κ1) is 58.8. The Bertz CT molecular complexity index is 2160. The summed E-state index contributed by atoms with van der Waals surface area (Å²) in [7, 11) is 1.40. The molecule has 16 nitrogen and oxygen atoms in total. The molecule has 2 aliphatic heterocycles. The van der Waals surface area contributed by atoms with Gasteiger partial charge in [-0.05, 0) is 67.1 Å². The number of aliphatic carboxylic acids is 1. The summed E-state index contributed by atoms with van der Waals surface area (Å²) in [4.78, 5) is 86.3. The molecule has 0 aromatic heterocycles. The lowest BCUT2D eigenvalue weighted by atomic mass is 9.65. The van der Waals surface area contributed by atoms with Crippen molar-refractivity contribution >= 4 is 41.4 Å². The van der Waals surface area contributed by atoms with E-state index in [2.05, 4.69) is 31.2 Å². The number of methoxy groups -OCH3 is 1. The number of benzene rings is 1. The molecule has 1 fully saturated rings. The predicted octanol–water partition coefficient (Wildman–Crippen LogP) is 10.4. The quantitative estimate of drug-likeness (QED) is 0.0467. The van der Waals surface area contributed by atoms with Gasteiger partial charge < -0.3 is 43.0 Å². The largest absolute Gasteiger partial charge is 0.493 e. The van der Waals surface area contributed by atoms with Crippen molar-refractivity contribution < 1.29 is 76.6 Å². The summed E-state index contributed by atoms with van der Waals surface area (Å²) >= 11 is 0. The molecule has 2 aliphatic carbocycles. The lowest BCUT2D eigenvalue weighted by Crippen LogP contribution is -2.63. The summed E-state index contributed by atoms with van der Waals surface area (Å²) in [5.41, 5.74) is 0.830. The number of esters is 4. The van der Waals surface area contributed by atoms with E-state index in [1.54, 1.807) is 18.2 Å². The van der Waals surface area contributed by atoms with Gasteiger partial charge >= 0.3 is 29.8 Å². The molecule has 0 bridgehead atoms. The number of carbonyl (C=O) groups is 7. The molecule has 1 aromatic carbocycles. The van der Waals surface area contributed by atoms with Gasteiger partial charge in [0.05, 0.1) is 7.11 Å². The Hall–Kier alpha value is -5.77. The van der Waals surface area contributed by atoms with Gasteiger partial charge in [0.1, 0.15) is 24.2 Å². The van der Waals surface area contributed by atoms with E-state index < -0.39 is 73.1 Å². The first-order valence-corrected chi connectivity index (χ1v) is 25.4. The molecule has 1 saturated heterocycles. The van der Waals surface area contributed by atoms with Crippen molar-refractivity contribution in [2.45, 2.75) is 202 Å². The molecule has 0 saturated carbocycles. The van der Waals surface area contributed by atoms with Crippen LogP contribution in [-0.4, -0.2) is 90.9 Å². The Kier molecular flexibility index (Phi) is 22.8. The van der Waals surface area contributed by atoms with Crippen molar-refractivity contribution in [1.82, 2.24) is 0 Å². The van der Waals surface area contributed by atoms with Gasteiger partial charge in [0.15, 0.2) is 35.3 Å². The zero-order valence-electron chi connectivity index (χ0n) is 44.1. The van der Waals surface area contributed by atoms with Gasteiger partial charge in [-0.15, -0.1) is 0 Å². The van der Waals surface area contributed by atoms with Gasteiger partial charge in [-0.25, -0.2) is 0 Å². The van der Waals surface area contributed by atoms with Crippen LogP contribution in [0.25, 0.3) is 0 Å². The fraction of sp³-hybridized carbons (Fsp3) is 0.625. The van der Waals surface area contributed by atoms with Crippen LogP contribution in [0.3, 0.4) is 0 Å². The zero-order valence-corrected chi connectivity index (χ0v) is 44.1. The van der Waals surface area contributed by atoms with Gasteiger partial charge in [-0.2, -0.15) is 0 Å². The summed E-state index contributed by atoms with van der Waals surface area (Å²) in [6.45, 7) is 14.4. The maximum Gasteiger partial charge on any atom is 0.303 e. The molecule has 398 valence electrons. The van der Waals surface area contributed by atoms with E-state index in [9.17, 15) is 33.6 Å². The first-order chi connectivity index (χ1) is 34.1. The number of ketones is 2. The Morgan fingerprint density at radius 2 is 1.19 bits per heavy atom. The Balaban J connectivity index is 0.000000475. The summed E-state index contributed by atoms with van der Waals surface area (Å²) < 4.78 is 46.2. The fourth-order valence-electron chi connectivity index (χ4n) is 9.47. The van der Waals surface area contributed by atoms with Crippen LogP contribution in [0.15, 0.2) is 65.2 Å². The third-order valence-corrected chi connectivity index (χ3v) is 12.6. The lowest BCUT2D eigenvalue weighted by molar-refractivity contribution is -0.288. The Morgan fingerprint density at radius 3 is 1.72 bits per heavy atom. The average Bonchev–Trinajstić information content (AvgIpc) is 3.27. The van der Waals surface area contributed by atoms with E-state index in [4.69, 9.17) is 43.0 Å². The lowest BCUT2D eigenvalue weighted by Gasteiger charge is -2.44. The fourth-order valence-corrected chi connectivity index (χ4v) is 9.47.